The van der Waals surface area contributed by atoms with Crippen LogP contribution in [0, 0.1) is 11.6 Å². The molecule has 1 unspecified atom stereocenters. The number of fused-ring (bicyclic) bond motifs is 2. The van der Waals surface area contributed by atoms with E-state index in [2.05, 4.69) is 25.4 Å². The zero-order valence-corrected chi connectivity index (χ0v) is 17.8. The maximum Gasteiger partial charge on any atom is 0.262 e. The monoisotopic (exact) mass is 468 g/mol. The van der Waals surface area contributed by atoms with E-state index in [1.54, 1.807) is 18.2 Å². The number of aromatic nitrogens is 5. The number of halogens is 2. The molecule has 0 bridgehead atoms. The summed E-state index contributed by atoms with van der Waals surface area (Å²) in [7, 11) is 0. The molecule has 1 atom stereocenters. The number of hydrogen-bond acceptors (Lipinski definition) is 8. The van der Waals surface area contributed by atoms with Gasteiger partial charge in [-0.2, -0.15) is 10.1 Å². The van der Waals surface area contributed by atoms with Gasteiger partial charge in [-0.15, -0.1) is 0 Å². The number of rotatable bonds is 6. The zero-order valence-electron chi connectivity index (χ0n) is 17.8. The van der Waals surface area contributed by atoms with Crippen molar-refractivity contribution in [3.05, 3.63) is 59.3 Å². The van der Waals surface area contributed by atoms with E-state index in [-0.39, 0.29) is 53.7 Å². The second-order valence-corrected chi connectivity index (χ2v) is 7.78. The van der Waals surface area contributed by atoms with Crippen molar-refractivity contribution in [1.29, 1.82) is 0 Å². The summed E-state index contributed by atoms with van der Waals surface area (Å²) >= 11 is 0. The van der Waals surface area contributed by atoms with Crippen molar-refractivity contribution in [2.24, 2.45) is 0 Å². The minimum absolute atomic E-state index is 0.00252. The van der Waals surface area contributed by atoms with Gasteiger partial charge in [0, 0.05) is 5.56 Å². The molecule has 12 heteroatoms. The van der Waals surface area contributed by atoms with Crippen LogP contribution in [-0.4, -0.2) is 54.1 Å². The van der Waals surface area contributed by atoms with Gasteiger partial charge in [-0.1, -0.05) is 18.2 Å². The van der Waals surface area contributed by atoms with Crippen molar-refractivity contribution in [3.8, 4) is 17.4 Å². The lowest BCUT2D eigenvalue weighted by atomic mass is 9.99. The van der Waals surface area contributed by atoms with Crippen molar-refractivity contribution in [3.63, 3.8) is 0 Å². The maximum atomic E-state index is 14.2. The number of carbonyl (C=O) groups is 1. The van der Waals surface area contributed by atoms with Crippen molar-refractivity contribution in [2.45, 2.75) is 19.1 Å². The van der Waals surface area contributed by atoms with Crippen molar-refractivity contribution in [1.82, 2.24) is 24.7 Å². The quantitative estimate of drug-likeness (QED) is 0.392. The molecule has 0 fully saturated rings. The number of nitrogens with zero attached hydrogens (tertiary/aromatic N) is 5. The number of benzene rings is 1. The first-order chi connectivity index (χ1) is 16.3. The van der Waals surface area contributed by atoms with E-state index >= 15 is 0 Å². The van der Waals surface area contributed by atoms with E-state index < -0.39 is 29.0 Å². The van der Waals surface area contributed by atoms with Crippen LogP contribution in [0.5, 0.6) is 5.88 Å². The molecule has 4 heterocycles. The molecule has 0 radical (unpaired) electrons. The molecule has 5 rings (SSSR count). The fourth-order valence-corrected chi connectivity index (χ4v) is 3.91. The fourth-order valence-electron chi connectivity index (χ4n) is 3.91. The van der Waals surface area contributed by atoms with Gasteiger partial charge in [-0.3, -0.25) is 4.79 Å². The molecule has 0 saturated carbocycles. The highest BCUT2D eigenvalue weighted by Gasteiger charge is 2.48. The Kier molecular flexibility index (Phi) is 5.18. The summed E-state index contributed by atoms with van der Waals surface area (Å²) in [5.74, 6) is -2.32. The van der Waals surface area contributed by atoms with Crippen LogP contribution in [0.25, 0.3) is 22.6 Å². The summed E-state index contributed by atoms with van der Waals surface area (Å²) in [5.41, 5.74) is -0.930. The first-order valence-electron chi connectivity index (χ1n) is 10.3. The van der Waals surface area contributed by atoms with Gasteiger partial charge in [0.2, 0.25) is 5.88 Å². The first-order valence-corrected chi connectivity index (χ1v) is 10.3. The number of hydrogen-bond donors (Lipinski definition) is 3. The molecule has 1 amide bonds. The molecule has 4 aromatic rings. The van der Waals surface area contributed by atoms with Gasteiger partial charge in [0.05, 0.1) is 36.9 Å². The third-order valence-electron chi connectivity index (χ3n) is 5.56. The van der Waals surface area contributed by atoms with Crippen LogP contribution in [0.3, 0.4) is 0 Å². The zero-order chi connectivity index (χ0) is 24.0. The highest BCUT2D eigenvalue weighted by Crippen LogP contribution is 2.43. The van der Waals surface area contributed by atoms with Crippen LogP contribution in [0.4, 0.5) is 14.6 Å². The summed E-state index contributed by atoms with van der Waals surface area (Å²) in [5, 5.41) is 26.9. The first kappa shape index (κ1) is 21.8. The number of aliphatic hydroxyl groups is 1. The number of anilines is 1. The normalized spacial score (nSPS) is 17.2. The molecule has 1 aromatic carbocycles. The highest BCUT2D eigenvalue weighted by molar-refractivity contribution is 6.05. The Morgan fingerprint density at radius 3 is 2.79 bits per heavy atom. The molecule has 10 nitrogen and oxygen atoms in total. The summed E-state index contributed by atoms with van der Waals surface area (Å²) in [6.45, 7) is 0.940. The molecule has 174 valence electrons. The largest absolute Gasteiger partial charge is 0.493 e. The van der Waals surface area contributed by atoms with Crippen LogP contribution in [0.1, 0.15) is 18.1 Å². The average Bonchev–Trinajstić information content (AvgIpc) is 3.28. The fraction of sp³-hybridized carbons (Fsp3) is 0.227. The molecule has 0 saturated heterocycles. The molecule has 3 N–H and O–H groups in total. The van der Waals surface area contributed by atoms with Gasteiger partial charge in [0.1, 0.15) is 23.1 Å². The van der Waals surface area contributed by atoms with Crippen molar-refractivity contribution >= 4 is 22.8 Å². The van der Waals surface area contributed by atoms with Crippen molar-refractivity contribution in [2.75, 3.05) is 18.5 Å². The van der Waals surface area contributed by atoms with E-state index in [1.165, 1.54) is 23.7 Å². The van der Waals surface area contributed by atoms with Gasteiger partial charge >= 0.3 is 0 Å². The predicted molar refractivity (Wildman–Crippen MR) is 115 cm³/mol. The van der Waals surface area contributed by atoms with E-state index in [0.29, 0.717) is 5.56 Å². The van der Waals surface area contributed by atoms with Crippen LogP contribution in [0.2, 0.25) is 0 Å². The number of aliphatic hydroxyl groups excluding tert-OH is 1. The second-order valence-electron chi connectivity index (χ2n) is 7.78. The number of nitrogens with one attached hydrogen (secondary N) is 1. The van der Waals surface area contributed by atoms with E-state index in [9.17, 15) is 18.7 Å². The lowest BCUT2D eigenvalue weighted by molar-refractivity contribution is -0.140. The molecule has 0 aliphatic carbocycles. The second kappa shape index (κ2) is 8.08. The number of carbonyl (C=O) groups excluding carboxylic acids is 1. The Labute approximate surface area is 190 Å². The lowest BCUT2D eigenvalue weighted by Crippen LogP contribution is -2.35. The number of amides is 1. The Morgan fingerprint density at radius 1 is 1.24 bits per heavy atom. The Bertz CT molecular complexity index is 1440. The van der Waals surface area contributed by atoms with Crippen molar-refractivity contribution < 1.29 is 28.5 Å². The summed E-state index contributed by atoms with van der Waals surface area (Å²) in [4.78, 5) is 25.0. The number of ether oxygens (including phenoxy) is 1. The molecule has 34 heavy (non-hydrogen) atoms. The standard InChI is InChI=1S/C22H18F2N6O4/c1-22(34-7-6-31)15-17(28-21(22)33)26-18(27-20(15)32)16-13-8-12(23)9-25-19(13)30(29-16)10-11-4-2-3-5-14(11)24/h2-5,8-9,31H,6-7,10H2,1H3,(H2,26,27,28,32,33). The van der Waals surface area contributed by atoms with Gasteiger partial charge in [-0.25, -0.2) is 23.4 Å². The molecule has 1 aliphatic rings. The number of pyridine rings is 1. The van der Waals surface area contributed by atoms with Crippen LogP contribution < -0.4 is 5.32 Å². The minimum atomic E-state index is -1.61. The molecule has 0 spiro atoms. The molecular formula is C22H18F2N6O4. The third kappa shape index (κ3) is 3.43. The smallest absolute Gasteiger partial charge is 0.262 e. The maximum absolute atomic E-state index is 14.2. The molecule has 3 aromatic heterocycles. The van der Waals surface area contributed by atoms with Gasteiger partial charge in [-0.05, 0) is 19.1 Å². The van der Waals surface area contributed by atoms with E-state index in [1.807, 2.05) is 0 Å². The Hall–Kier alpha value is -4.03. The summed E-state index contributed by atoms with van der Waals surface area (Å²) < 4.78 is 35.1. The lowest BCUT2D eigenvalue weighted by Gasteiger charge is -2.22. The van der Waals surface area contributed by atoms with Crippen LogP contribution in [-0.2, 0) is 21.7 Å². The van der Waals surface area contributed by atoms with Gasteiger partial charge < -0.3 is 20.3 Å². The van der Waals surface area contributed by atoms with Crippen LogP contribution in [0.15, 0.2) is 36.5 Å². The molecular weight excluding hydrogens is 450 g/mol. The highest BCUT2D eigenvalue weighted by atomic mass is 19.1. The van der Waals surface area contributed by atoms with Crippen LogP contribution >= 0.6 is 0 Å². The summed E-state index contributed by atoms with van der Waals surface area (Å²) in [6.07, 6.45) is 1.01. The SMILES string of the molecule is CC1(OCCO)C(=O)Nc2nc(-c3nn(Cc4ccccc4F)c4ncc(F)cc34)nc(O)c21. The topological polar surface area (TPSA) is 135 Å². The predicted octanol–water partition coefficient (Wildman–Crippen LogP) is 2.10. The van der Waals surface area contributed by atoms with Gasteiger partial charge in [0.15, 0.2) is 17.1 Å². The molecule has 1 aliphatic heterocycles. The average molecular weight is 468 g/mol. The number of aromatic hydroxyl groups is 1. The Morgan fingerprint density at radius 2 is 2.03 bits per heavy atom. The summed E-state index contributed by atoms with van der Waals surface area (Å²) in [6, 6.07) is 7.33. The Balaban J connectivity index is 1.64. The third-order valence-corrected chi connectivity index (χ3v) is 5.56. The van der Waals surface area contributed by atoms with Gasteiger partial charge in [0.25, 0.3) is 5.91 Å². The van der Waals surface area contributed by atoms with E-state index in [0.717, 1.165) is 6.20 Å². The minimum Gasteiger partial charge on any atom is -0.493 e. The van der Waals surface area contributed by atoms with E-state index in [4.69, 9.17) is 9.84 Å².